The molecular weight excluding hydrogens is 458 g/mol. The van der Waals surface area contributed by atoms with E-state index in [0.29, 0.717) is 25.1 Å². The van der Waals surface area contributed by atoms with E-state index < -0.39 is 0 Å². The Hall–Kier alpha value is -3.32. The molecule has 7 heteroatoms. The topological polar surface area (TPSA) is 62.2 Å². The van der Waals surface area contributed by atoms with Crippen molar-refractivity contribution in [1.29, 1.82) is 0 Å². The highest BCUT2D eigenvalue weighted by Crippen LogP contribution is 2.45. The van der Waals surface area contributed by atoms with Crippen molar-refractivity contribution in [3.8, 4) is 0 Å². The first kappa shape index (κ1) is 23.4. The van der Waals surface area contributed by atoms with Gasteiger partial charge in [-0.05, 0) is 41.9 Å². The van der Waals surface area contributed by atoms with E-state index in [0.717, 1.165) is 34.1 Å². The van der Waals surface area contributed by atoms with Gasteiger partial charge in [-0.3, -0.25) is 4.79 Å². The van der Waals surface area contributed by atoms with Crippen LogP contribution in [-0.2, 0) is 27.3 Å². The maximum atomic E-state index is 13.4. The van der Waals surface area contributed by atoms with E-state index in [4.69, 9.17) is 9.73 Å². The smallest absolute Gasteiger partial charge is 0.338 e. The van der Waals surface area contributed by atoms with Crippen LogP contribution in [-0.4, -0.2) is 40.5 Å². The molecule has 0 N–H and O–H groups in total. The van der Waals surface area contributed by atoms with Crippen molar-refractivity contribution in [3.05, 3.63) is 93.2 Å². The van der Waals surface area contributed by atoms with Gasteiger partial charge in [-0.1, -0.05) is 72.8 Å². The van der Waals surface area contributed by atoms with E-state index in [1.165, 1.54) is 30.0 Å². The second-order valence-electron chi connectivity index (χ2n) is 9.02. The minimum Gasteiger partial charge on any atom is -0.466 e. The summed E-state index contributed by atoms with van der Waals surface area (Å²) in [6.07, 6.45) is 1.74. The van der Waals surface area contributed by atoms with Crippen molar-refractivity contribution < 1.29 is 14.3 Å². The number of fused-ring (bicyclic) bond motifs is 2. The fourth-order valence-electron chi connectivity index (χ4n) is 5.04. The lowest BCUT2D eigenvalue weighted by Crippen LogP contribution is -2.40. The standard InChI is InChI=1S/C28H29N3O3S/c1-4-23-25(27(33)34-3)26(20-11-7-8-18(2)14-20)31-22(17-35-28(31)29-23)15-24(32)30-13-12-19-9-5-6-10-21(19)16-30/h5-11,14,17,26H,4,12-13,15-16H2,1-3H3. The Labute approximate surface area is 210 Å². The fourth-order valence-corrected chi connectivity index (χ4v) is 5.98. The molecule has 3 heterocycles. The molecule has 0 aliphatic carbocycles. The van der Waals surface area contributed by atoms with Crippen molar-refractivity contribution in [2.75, 3.05) is 13.7 Å². The van der Waals surface area contributed by atoms with E-state index in [1.54, 1.807) is 0 Å². The molecule has 5 rings (SSSR count). The van der Waals surface area contributed by atoms with Crippen LogP contribution in [0.25, 0.3) is 0 Å². The van der Waals surface area contributed by atoms with Crippen molar-refractivity contribution in [2.24, 2.45) is 4.99 Å². The van der Waals surface area contributed by atoms with Crippen LogP contribution >= 0.6 is 11.8 Å². The van der Waals surface area contributed by atoms with E-state index in [-0.39, 0.29) is 24.3 Å². The molecule has 0 aromatic heterocycles. The Bertz CT molecular complexity index is 1280. The maximum absolute atomic E-state index is 13.4. The molecule has 2 aromatic rings. The van der Waals surface area contributed by atoms with Gasteiger partial charge < -0.3 is 14.5 Å². The van der Waals surface area contributed by atoms with Crippen LogP contribution in [0.15, 0.2) is 75.9 Å². The molecule has 0 saturated heterocycles. The molecule has 2 aromatic carbocycles. The second-order valence-corrected chi connectivity index (χ2v) is 9.86. The molecule has 1 unspecified atom stereocenters. The first-order valence-electron chi connectivity index (χ1n) is 12.0. The van der Waals surface area contributed by atoms with Crippen molar-refractivity contribution in [2.45, 2.75) is 45.7 Å². The number of amides is 1. The average Bonchev–Trinajstić information content (AvgIpc) is 3.28. The van der Waals surface area contributed by atoms with E-state index in [1.807, 2.05) is 48.4 Å². The van der Waals surface area contributed by atoms with Crippen molar-refractivity contribution in [3.63, 3.8) is 0 Å². The molecule has 0 bridgehead atoms. The molecule has 35 heavy (non-hydrogen) atoms. The van der Waals surface area contributed by atoms with Crippen LogP contribution in [0.2, 0.25) is 0 Å². The summed E-state index contributed by atoms with van der Waals surface area (Å²) in [4.78, 5) is 35.3. The van der Waals surface area contributed by atoms with Gasteiger partial charge in [0.1, 0.15) is 0 Å². The summed E-state index contributed by atoms with van der Waals surface area (Å²) in [6, 6.07) is 16.1. The Morgan fingerprint density at radius 1 is 1.14 bits per heavy atom. The molecule has 3 aliphatic heterocycles. The zero-order valence-corrected chi connectivity index (χ0v) is 21.1. The average molecular weight is 488 g/mol. The number of carbonyl (C=O) groups is 2. The van der Waals surface area contributed by atoms with Gasteiger partial charge in [-0.15, -0.1) is 0 Å². The number of allylic oxidation sites excluding steroid dienone is 1. The zero-order valence-electron chi connectivity index (χ0n) is 20.3. The number of nitrogens with zero attached hydrogens (tertiary/aromatic N) is 3. The Kier molecular flexibility index (Phi) is 6.52. The Morgan fingerprint density at radius 2 is 1.94 bits per heavy atom. The summed E-state index contributed by atoms with van der Waals surface area (Å²) in [5.74, 6) is -0.299. The summed E-state index contributed by atoms with van der Waals surface area (Å²) in [6.45, 7) is 5.38. The highest BCUT2D eigenvalue weighted by Gasteiger charge is 2.41. The summed E-state index contributed by atoms with van der Waals surface area (Å²) in [5.41, 5.74) is 6.75. The predicted octanol–water partition coefficient (Wildman–Crippen LogP) is 5.11. The number of aliphatic imine (C=N–C) groups is 1. The minimum absolute atomic E-state index is 0.0838. The van der Waals surface area contributed by atoms with Gasteiger partial charge >= 0.3 is 5.97 Å². The number of rotatable bonds is 5. The van der Waals surface area contributed by atoms with Gasteiger partial charge in [0, 0.05) is 18.8 Å². The quantitative estimate of drug-likeness (QED) is 0.549. The lowest BCUT2D eigenvalue weighted by atomic mass is 9.92. The first-order valence-corrected chi connectivity index (χ1v) is 12.8. The third-order valence-corrected chi connectivity index (χ3v) is 7.69. The fraction of sp³-hybridized carbons (Fsp3) is 0.321. The lowest BCUT2D eigenvalue weighted by molar-refractivity contribution is -0.136. The van der Waals surface area contributed by atoms with Crippen LogP contribution in [0, 0.1) is 6.92 Å². The van der Waals surface area contributed by atoms with Gasteiger partial charge in [0.25, 0.3) is 0 Å². The normalized spacial score (nSPS) is 19.1. The minimum atomic E-state index is -0.388. The SMILES string of the molecule is CCC1=C(C(=O)OC)C(c2cccc(C)c2)N2C(CC(=O)N3CCc4ccccc4C3)=CSC2=N1. The van der Waals surface area contributed by atoms with Crippen LogP contribution in [0.4, 0.5) is 0 Å². The molecule has 180 valence electrons. The number of esters is 1. The van der Waals surface area contributed by atoms with Gasteiger partial charge in [0.2, 0.25) is 5.91 Å². The number of ether oxygens (including phenoxy) is 1. The van der Waals surface area contributed by atoms with Crippen LogP contribution in [0.3, 0.4) is 0 Å². The summed E-state index contributed by atoms with van der Waals surface area (Å²) in [5, 5.41) is 2.80. The molecule has 0 saturated carbocycles. The third kappa shape index (κ3) is 4.41. The predicted molar refractivity (Wildman–Crippen MR) is 138 cm³/mol. The molecular formula is C28H29N3O3S. The molecule has 3 aliphatic rings. The molecule has 6 nitrogen and oxygen atoms in total. The molecule has 0 radical (unpaired) electrons. The number of thioether (sulfide) groups is 1. The number of hydrogen-bond donors (Lipinski definition) is 0. The monoisotopic (exact) mass is 487 g/mol. The van der Waals surface area contributed by atoms with E-state index in [9.17, 15) is 9.59 Å². The van der Waals surface area contributed by atoms with E-state index >= 15 is 0 Å². The van der Waals surface area contributed by atoms with Crippen molar-refractivity contribution >= 4 is 28.8 Å². The van der Waals surface area contributed by atoms with Gasteiger partial charge in [0.15, 0.2) is 5.17 Å². The highest BCUT2D eigenvalue weighted by molar-refractivity contribution is 8.16. The second kappa shape index (κ2) is 9.74. The number of methoxy groups -OCH3 is 1. The van der Waals surface area contributed by atoms with Gasteiger partial charge in [-0.25, -0.2) is 9.79 Å². The molecule has 1 atom stereocenters. The van der Waals surface area contributed by atoms with Gasteiger partial charge in [0.05, 0.1) is 30.8 Å². The summed E-state index contributed by atoms with van der Waals surface area (Å²) in [7, 11) is 1.41. The number of carbonyl (C=O) groups excluding carboxylic acids is 2. The Balaban J connectivity index is 1.47. The largest absolute Gasteiger partial charge is 0.466 e. The maximum Gasteiger partial charge on any atom is 0.338 e. The molecule has 1 amide bonds. The first-order chi connectivity index (χ1) is 17.0. The number of amidine groups is 1. The van der Waals surface area contributed by atoms with E-state index in [2.05, 4.69) is 29.2 Å². The lowest BCUT2D eigenvalue weighted by Gasteiger charge is -2.37. The zero-order chi connectivity index (χ0) is 24.5. The Morgan fingerprint density at radius 3 is 2.69 bits per heavy atom. The molecule has 0 spiro atoms. The molecule has 0 fully saturated rings. The highest BCUT2D eigenvalue weighted by atomic mass is 32.2. The van der Waals surface area contributed by atoms with Crippen molar-refractivity contribution in [1.82, 2.24) is 9.80 Å². The summed E-state index contributed by atoms with van der Waals surface area (Å²) >= 11 is 1.51. The van der Waals surface area contributed by atoms with Gasteiger partial charge in [-0.2, -0.15) is 0 Å². The number of hydrogen-bond acceptors (Lipinski definition) is 6. The van der Waals surface area contributed by atoms with Crippen LogP contribution in [0.1, 0.15) is 48.1 Å². The number of benzene rings is 2. The number of aryl methyl sites for hydroxylation is 1. The third-order valence-electron chi connectivity index (χ3n) is 6.80. The summed E-state index contributed by atoms with van der Waals surface area (Å²) < 4.78 is 5.20. The van der Waals surface area contributed by atoms with Crippen LogP contribution in [0.5, 0.6) is 0 Å². The van der Waals surface area contributed by atoms with Crippen LogP contribution < -0.4 is 0 Å².